The largest absolute Gasteiger partial charge is 0.480 e. The second-order valence-electron chi connectivity index (χ2n) is 4.16. The number of aromatic nitrogens is 2. The molecule has 9 heteroatoms. The molecule has 0 bridgehead atoms. The summed E-state index contributed by atoms with van der Waals surface area (Å²) in [7, 11) is 3.04. The van der Waals surface area contributed by atoms with Gasteiger partial charge in [-0.25, -0.2) is 4.68 Å². The maximum Gasteiger partial charge on any atom is 0.334 e. The first-order valence-electron chi connectivity index (χ1n) is 6.08. The van der Waals surface area contributed by atoms with Crippen LogP contribution in [0.15, 0.2) is 0 Å². The smallest absolute Gasteiger partial charge is 0.334 e. The summed E-state index contributed by atoms with van der Waals surface area (Å²) in [4.78, 5) is 23.0. The van der Waals surface area contributed by atoms with Gasteiger partial charge in [0.15, 0.2) is 0 Å². The van der Waals surface area contributed by atoms with Crippen molar-refractivity contribution >= 4 is 17.5 Å². The lowest BCUT2D eigenvalue weighted by Crippen LogP contribution is -2.34. The number of aliphatic carboxylic acids is 1. The van der Waals surface area contributed by atoms with E-state index in [0.29, 0.717) is 12.1 Å². The second kappa shape index (κ2) is 6.85. The predicted molar refractivity (Wildman–Crippen MR) is 71.0 cm³/mol. The Morgan fingerprint density at radius 3 is 2.70 bits per heavy atom. The summed E-state index contributed by atoms with van der Waals surface area (Å²) >= 11 is 0. The number of ether oxygens (including phenoxy) is 1. The van der Waals surface area contributed by atoms with E-state index < -0.39 is 10.9 Å². The number of aryl methyl sites for hydroxylation is 2. The standard InChI is InChI=1S/C11H18N4O5/c1-4-8-10(15(18)19)11(13(2)12-8)14(5-6-20-3)7-9(16)17/h4-7H2,1-3H3,(H,16,17). The van der Waals surface area contributed by atoms with Gasteiger partial charge in [0.2, 0.25) is 5.82 Å². The number of hydrogen-bond acceptors (Lipinski definition) is 6. The molecule has 112 valence electrons. The third kappa shape index (κ3) is 3.44. The van der Waals surface area contributed by atoms with Gasteiger partial charge >= 0.3 is 11.7 Å². The van der Waals surface area contributed by atoms with Crippen molar-refractivity contribution in [3.63, 3.8) is 0 Å². The Balaban J connectivity index is 3.26. The number of nitro groups is 1. The quantitative estimate of drug-likeness (QED) is 0.544. The first-order chi connectivity index (χ1) is 9.42. The monoisotopic (exact) mass is 286 g/mol. The molecule has 0 spiro atoms. The van der Waals surface area contributed by atoms with E-state index in [1.54, 1.807) is 14.0 Å². The lowest BCUT2D eigenvalue weighted by atomic mass is 10.3. The van der Waals surface area contributed by atoms with Crippen LogP contribution in [0.3, 0.4) is 0 Å². The van der Waals surface area contributed by atoms with Gasteiger partial charge in [-0.1, -0.05) is 6.92 Å². The molecule has 0 unspecified atom stereocenters. The lowest BCUT2D eigenvalue weighted by Gasteiger charge is -2.21. The zero-order valence-electron chi connectivity index (χ0n) is 11.7. The number of anilines is 1. The summed E-state index contributed by atoms with van der Waals surface area (Å²) in [5, 5.41) is 24.3. The Hall–Kier alpha value is -2.16. The van der Waals surface area contributed by atoms with Crippen LogP contribution in [0, 0.1) is 10.1 Å². The van der Waals surface area contributed by atoms with E-state index >= 15 is 0 Å². The van der Waals surface area contributed by atoms with Crippen LogP contribution in [0.2, 0.25) is 0 Å². The third-order valence-corrected chi connectivity index (χ3v) is 2.77. The van der Waals surface area contributed by atoms with E-state index in [1.807, 2.05) is 0 Å². The second-order valence-corrected chi connectivity index (χ2v) is 4.16. The van der Waals surface area contributed by atoms with Crippen molar-refractivity contribution in [1.82, 2.24) is 9.78 Å². The van der Waals surface area contributed by atoms with Crippen molar-refractivity contribution < 1.29 is 19.6 Å². The van der Waals surface area contributed by atoms with E-state index in [9.17, 15) is 14.9 Å². The van der Waals surface area contributed by atoms with Gasteiger partial charge < -0.3 is 14.7 Å². The van der Waals surface area contributed by atoms with Gasteiger partial charge in [0, 0.05) is 20.7 Å². The number of hydrogen-bond donors (Lipinski definition) is 1. The SMILES string of the molecule is CCc1nn(C)c(N(CCOC)CC(=O)O)c1[N+](=O)[O-]. The van der Waals surface area contributed by atoms with Crippen LogP contribution in [-0.4, -0.2) is 52.6 Å². The van der Waals surface area contributed by atoms with Gasteiger partial charge in [-0.05, 0) is 6.42 Å². The van der Waals surface area contributed by atoms with Gasteiger partial charge in [-0.3, -0.25) is 14.9 Å². The van der Waals surface area contributed by atoms with Crippen LogP contribution in [0.1, 0.15) is 12.6 Å². The molecule has 0 saturated heterocycles. The highest BCUT2D eigenvalue weighted by atomic mass is 16.6. The highest BCUT2D eigenvalue weighted by Gasteiger charge is 2.30. The van der Waals surface area contributed by atoms with Crippen molar-refractivity contribution in [2.75, 3.05) is 31.7 Å². The van der Waals surface area contributed by atoms with Crippen LogP contribution >= 0.6 is 0 Å². The zero-order chi connectivity index (χ0) is 15.3. The lowest BCUT2D eigenvalue weighted by molar-refractivity contribution is -0.384. The summed E-state index contributed by atoms with van der Waals surface area (Å²) in [5.74, 6) is -0.888. The average molecular weight is 286 g/mol. The highest BCUT2D eigenvalue weighted by molar-refractivity contribution is 5.75. The minimum Gasteiger partial charge on any atom is -0.480 e. The molecule has 0 atom stereocenters. The van der Waals surface area contributed by atoms with E-state index in [4.69, 9.17) is 9.84 Å². The van der Waals surface area contributed by atoms with Crippen LogP contribution in [0.4, 0.5) is 11.5 Å². The topological polar surface area (TPSA) is 111 Å². The molecule has 1 aromatic heterocycles. The molecule has 1 N–H and O–H groups in total. The Morgan fingerprint density at radius 1 is 1.60 bits per heavy atom. The number of nitrogens with zero attached hydrogens (tertiary/aromatic N) is 4. The van der Waals surface area contributed by atoms with Crippen LogP contribution in [0.5, 0.6) is 0 Å². The molecule has 0 aliphatic carbocycles. The van der Waals surface area contributed by atoms with Crippen molar-refractivity contribution in [3.05, 3.63) is 15.8 Å². The summed E-state index contributed by atoms with van der Waals surface area (Å²) in [6, 6.07) is 0. The van der Waals surface area contributed by atoms with Gasteiger partial charge in [-0.2, -0.15) is 5.10 Å². The van der Waals surface area contributed by atoms with Crippen molar-refractivity contribution in [1.29, 1.82) is 0 Å². The van der Waals surface area contributed by atoms with E-state index in [0.717, 1.165) is 0 Å². The number of carboxylic acid groups (broad SMARTS) is 1. The molecule has 0 amide bonds. The van der Waals surface area contributed by atoms with Gasteiger partial charge in [0.1, 0.15) is 12.2 Å². The number of carboxylic acids is 1. The molecule has 0 aromatic carbocycles. The fourth-order valence-corrected chi connectivity index (χ4v) is 1.96. The van der Waals surface area contributed by atoms with Gasteiger partial charge in [-0.15, -0.1) is 0 Å². The number of carbonyl (C=O) groups is 1. The van der Waals surface area contributed by atoms with Gasteiger partial charge in [0.05, 0.1) is 11.5 Å². The summed E-state index contributed by atoms with van der Waals surface area (Å²) in [6.45, 7) is 1.89. The molecule has 9 nitrogen and oxygen atoms in total. The number of rotatable bonds is 8. The molecule has 1 heterocycles. The van der Waals surface area contributed by atoms with E-state index in [1.165, 1.54) is 16.7 Å². The highest BCUT2D eigenvalue weighted by Crippen LogP contribution is 2.31. The molecule has 0 aliphatic heterocycles. The predicted octanol–water partition coefficient (Wildman–Crippen LogP) is 0.428. The van der Waals surface area contributed by atoms with Crippen molar-refractivity contribution in [2.24, 2.45) is 7.05 Å². The Kier molecular flexibility index (Phi) is 5.44. The molecule has 0 saturated carbocycles. The van der Waals surface area contributed by atoms with Crippen LogP contribution in [0.25, 0.3) is 0 Å². The fourth-order valence-electron chi connectivity index (χ4n) is 1.96. The first kappa shape index (κ1) is 15.9. The van der Waals surface area contributed by atoms with E-state index in [2.05, 4.69) is 5.10 Å². The van der Waals surface area contributed by atoms with E-state index in [-0.39, 0.29) is 31.2 Å². The molecular weight excluding hydrogens is 268 g/mol. The maximum atomic E-state index is 11.2. The molecular formula is C11H18N4O5. The summed E-state index contributed by atoms with van der Waals surface area (Å²) in [5.41, 5.74) is 0.188. The molecule has 1 aromatic rings. The summed E-state index contributed by atoms with van der Waals surface area (Å²) < 4.78 is 6.26. The Morgan fingerprint density at radius 2 is 2.25 bits per heavy atom. The third-order valence-electron chi connectivity index (χ3n) is 2.77. The van der Waals surface area contributed by atoms with Crippen molar-refractivity contribution in [2.45, 2.75) is 13.3 Å². The number of methoxy groups -OCH3 is 1. The molecule has 0 fully saturated rings. The first-order valence-corrected chi connectivity index (χ1v) is 6.08. The Labute approximate surface area is 115 Å². The zero-order valence-corrected chi connectivity index (χ0v) is 11.7. The normalized spacial score (nSPS) is 10.6. The molecule has 0 aliphatic rings. The average Bonchev–Trinajstić information content (AvgIpc) is 2.71. The molecule has 1 rings (SSSR count). The van der Waals surface area contributed by atoms with Crippen LogP contribution < -0.4 is 4.90 Å². The van der Waals surface area contributed by atoms with Crippen LogP contribution in [-0.2, 0) is 23.0 Å². The molecule has 20 heavy (non-hydrogen) atoms. The van der Waals surface area contributed by atoms with Crippen molar-refractivity contribution in [3.8, 4) is 0 Å². The minimum atomic E-state index is -1.07. The fraction of sp³-hybridized carbons (Fsp3) is 0.636. The summed E-state index contributed by atoms with van der Waals surface area (Å²) in [6.07, 6.45) is 0.398. The molecule has 0 radical (unpaired) electrons. The van der Waals surface area contributed by atoms with Gasteiger partial charge in [0.25, 0.3) is 0 Å². The minimum absolute atomic E-state index is 0.146. The Bertz CT molecular complexity index is 499. The maximum absolute atomic E-state index is 11.2.